The van der Waals surface area contributed by atoms with Crippen molar-refractivity contribution >= 4 is 21.7 Å². The van der Waals surface area contributed by atoms with Crippen LogP contribution in [-0.2, 0) is 0 Å². The molecule has 0 atom stereocenters. The Morgan fingerprint density at radius 1 is 1.12 bits per heavy atom. The van der Waals surface area contributed by atoms with E-state index < -0.39 is 0 Å². The first-order valence-electron chi connectivity index (χ1n) is 5.77. The molecule has 0 aliphatic heterocycles. The van der Waals surface area contributed by atoms with Crippen LogP contribution in [0.15, 0.2) is 46.9 Å². The van der Waals surface area contributed by atoms with Gasteiger partial charge in [-0.3, -0.25) is 0 Å². The van der Waals surface area contributed by atoms with Crippen molar-refractivity contribution in [2.45, 2.75) is 13.3 Å². The van der Waals surface area contributed by atoms with Gasteiger partial charge in [0, 0.05) is 16.6 Å². The van der Waals surface area contributed by atoms with Gasteiger partial charge in [0.2, 0.25) is 0 Å². The lowest BCUT2D eigenvalue weighted by Gasteiger charge is -2.07. The number of rotatable bonds is 4. The van der Waals surface area contributed by atoms with Gasteiger partial charge in [0.1, 0.15) is 5.82 Å². The highest BCUT2D eigenvalue weighted by atomic mass is 79.9. The molecule has 0 saturated carbocycles. The second kappa shape index (κ2) is 5.82. The van der Waals surface area contributed by atoms with E-state index in [1.807, 2.05) is 36.4 Å². The lowest BCUT2D eigenvalue weighted by molar-refractivity contribution is 0.970. The van der Waals surface area contributed by atoms with E-state index in [1.165, 1.54) is 0 Å². The fraction of sp³-hybridized carbons (Fsp3) is 0.214. The minimum absolute atomic E-state index is 0.931. The highest BCUT2D eigenvalue weighted by Crippen LogP contribution is 2.26. The Kier molecular flexibility index (Phi) is 4.15. The summed E-state index contributed by atoms with van der Waals surface area (Å²) < 4.78 is 1.07. The molecular weight excluding hydrogens is 276 g/mol. The first kappa shape index (κ1) is 12.1. The molecule has 1 aromatic carbocycles. The molecule has 0 aliphatic carbocycles. The maximum Gasteiger partial charge on any atom is 0.126 e. The first-order valence-corrected chi connectivity index (χ1v) is 6.56. The number of halogens is 1. The molecule has 17 heavy (non-hydrogen) atoms. The van der Waals surface area contributed by atoms with Gasteiger partial charge < -0.3 is 5.32 Å². The Balaban J connectivity index is 2.30. The summed E-state index contributed by atoms with van der Waals surface area (Å²) in [5.41, 5.74) is 2.10. The van der Waals surface area contributed by atoms with Gasteiger partial charge >= 0.3 is 0 Å². The molecule has 1 N–H and O–H groups in total. The van der Waals surface area contributed by atoms with Crippen LogP contribution < -0.4 is 5.32 Å². The molecule has 0 bridgehead atoms. The molecule has 0 fully saturated rings. The average Bonchev–Trinajstić information content (AvgIpc) is 2.37. The standard InChI is InChI=1S/C14H15BrN2/c1-2-10-16-14-9-5-8-13(17-14)11-6-3-4-7-12(11)15/h3-9H,2,10H2,1H3,(H,16,17). The SMILES string of the molecule is CCCNc1cccc(-c2ccccc2Br)n1. The van der Waals surface area contributed by atoms with Gasteiger partial charge in [-0.1, -0.05) is 47.1 Å². The van der Waals surface area contributed by atoms with Crippen molar-refractivity contribution in [1.82, 2.24) is 4.98 Å². The zero-order valence-corrected chi connectivity index (χ0v) is 11.4. The molecule has 0 amide bonds. The van der Waals surface area contributed by atoms with Crippen molar-refractivity contribution in [2.24, 2.45) is 0 Å². The molecule has 1 aromatic heterocycles. The van der Waals surface area contributed by atoms with Gasteiger partial charge in [0.25, 0.3) is 0 Å². The van der Waals surface area contributed by atoms with Gasteiger partial charge in [0.05, 0.1) is 5.69 Å². The van der Waals surface area contributed by atoms with Crippen molar-refractivity contribution in [3.8, 4) is 11.3 Å². The highest BCUT2D eigenvalue weighted by molar-refractivity contribution is 9.10. The molecule has 0 saturated heterocycles. The molecule has 2 aromatic rings. The molecule has 0 radical (unpaired) electrons. The van der Waals surface area contributed by atoms with Crippen LogP contribution in [0.2, 0.25) is 0 Å². The number of hydrogen-bond acceptors (Lipinski definition) is 2. The van der Waals surface area contributed by atoms with Crippen LogP contribution in [0, 0.1) is 0 Å². The van der Waals surface area contributed by atoms with Gasteiger partial charge in [-0.05, 0) is 24.6 Å². The van der Waals surface area contributed by atoms with Crippen LogP contribution in [0.1, 0.15) is 13.3 Å². The third-order valence-electron chi connectivity index (χ3n) is 2.46. The van der Waals surface area contributed by atoms with Crippen molar-refractivity contribution < 1.29 is 0 Å². The van der Waals surface area contributed by atoms with E-state index in [-0.39, 0.29) is 0 Å². The summed E-state index contributed by atoms with van der Waals surface area (Å²) in [7, 11) is 0. The largest absolute Gasteiger partial charge is 0.370 e. The lowest BCUT2D eigenvalue weighted by atomic mass is 10.1. The summed E-state index contributed by atoms with van der Waals surface area (Å²) in [6.45, 7) is 3.09. The molecule has 3 heteroatoms. The average molecular weight is 291 g/mol. The molecule has 0 aliphatic rings. The van der Waals surface area contributed by atoms with Crippen LogP contribution in [0.3, 0.4) is 0 Å². The zero-order valence-electron chi connectivity index (χ0n) is 9.78. The molecule has 0 spiro atoms. The van der Waals surface area contributed by atoms with Crippen LogP contribution in [-0.4, -0.2) is 11.5 Å². The van der Waals surface area contributed by atoms with Crippen LogP contribution in [0.5, 0.6) is 0 Å². The third-order valence-corrected chi connectivity index (χ3v) is 3.15. The van der Waals surface area contributed by atoms with Crippen molar-refractivity contribution in [3.63, 3.8) is 0 Å². The third kappa shape index (κ3) is 3.07. The molecule has 0 unspecified atom stereocenters. The van der Waals surface area contributed by atoms with E-state index in [2.05, 4.69) is 39.2 Å². The topological polar surface area (TPSA) is 24.9 Å². The quantitative estimate of drug-likeness (QED) is 0.906. The fourth-order valence-corrected chi connectivity index (χ4v) is 2.09. The Labute approximate surface area is 110 Å². The van der Waals surface area contributed by atoms with E-state index in [4.69, 9.17) is 0 Å². The van der Waals surface area contributed by atoms with Crippen molar-refractivity contribution in [3.05, 3.63) is 46.9 Å². The summed E-state index contributed by atoms with van der Waals surface area (Å²) in [5, 5.41) is 3.30. The van der Waals surface area contributed by atoms with Crippen LogP contribution in [0.4, 0.5) is 5.82 Å². The number of nitrogens with zero attached hydrogens (tertiary/aromatic N) is 1. The van der Waals surface area contributed by atoms with E-state index >= 15 is 0 Å². The number of benzene rings is 1. The minimum atomic E-state index is 0.931. The Hall–Kier alpha value is -1.35. The molecule has 88 valence electrons. The Morgan fingerprint density at radius 2 is 1.94 bits per heavy atom. The summed E-state index contributed by atoms with van der Waals surface area (Å²) >= 11 is 3.55. The second-order valence-electron chi connectivity index (χ2n) is 3.81. The summed E-state index contributed by atoms with van der Waals surface area (Å²) in [5.74, 6) is 0.931. The van der Waals surface area contributed by atoms with E-state index in [1.54, 1.807) is 0 Å². The van der Waals surface area contributed by atoms with Gasteiger partial charge in [0.15, 0.2) is 0 Å². The Morgan fingerprint density at radius 3 is 2.71 bits per heavy atom. The van der Waals surface area contributed by atoms with Gasteiger partial charge in [-0.15, -0.1) is 0 Å². The number of pyridine rings is 1. The second-order valence-corrected chi connectivity index (χ2v) is 4.67. The molecule has 2 rings (SSSR count). The van der Waals surface area contributed by atoms with Gasteiger partial charge in [-0.25, -0.2) is 4.98 Å². The molecule has 2 nitrogen and oxygen atoms in total. The molecule has 1 heterocycles. The number of anilines is 1. The van der Waals surface area contributed by atoms with E-state index in [9.17, 15) is 0 Å². The van der Waals surface area contributed by atoms with Crippen molar-refractivity contribution in [2.75, 3.05) is 11.9 Å². The van der Waals surface area contributed by atoms with Crippen LogP contribution >= 0.6 is 15.9 Å². The van der Waals surface area contributed by atoms with E-state index in [0.717, 1.165) is 34.5 Å². The lowest BCUT2D eigenvalue weighted by Crippen LogP contribution is -2.02. The predicted molar refractivity (Wildman–Crippen MR) is 76.2 cm³/mol. The summed E-state index contributed by atoms with van der Waals surface area (Å²) in [4.78, 5) is 4.60. The maximum atomic E-state index is 4.60. The molecular formula is C14H15BrN2. The first-order chi connectivity index (χ1) is 8.31. The van der Waals surface area contributed by atoms with Gasteiger partial charge in [-0.2, -0.15) is 0 Å². The number of aromatic nitrogens is 1. The maximum absolute atomic E-state index is 4.60. The van der Waals surface area contributed by atoms with Crippen molar-refractivity contribution in [1.29, 1.82) is 0 Å². The predicted octanol–water partition coefficient (Wildman–Crippen LogP) is 4.33. The van der Waals surface area contributed by atoms with Crippen LogP contribution in [0.25, 0.3) is 11.3 Å². The summed E-state index contributed by atoms with van der Waals surface area (Å²) in [6.07, 6.45) is 1.10. The van der Waals surface area contributed by atoms with E-state index in [0.29, 0.717) is 0 Å². The summed E-state index contributed by atoms with van der Waals surface area (Å²) in [6, 6.07) is 14.2. The highest BCUT2D eigenvalue weighted by Gasteiger charge is 2.03. The number of hydrogen-bond donors (Lipinski definition) is 1. The minimum Gasteiger partial charge on any atom is -0.370 e. The Bertz CT molecular complexity index is 497. The normalized spacial score (nSPS) is 10.2. The number of nitrogens with one attached hydrogen (secondary N) is 1. The zero-order chi connectivity index (χ0) is 12.1. The monoisotopic (exact) mass is 290 g/mol. The fourth-order valence-electron chi connectivity index (χ4n) is 1.61. The smallest absolute Gasteiger partial charge is 0.126 e.